The molecule has 0 fully saturated rings. The molecule has 0 bridgehead atoms. The molecule has 0 aromatic carbocycles. The van der Waals surface area contributed by atoms with Crippen molar-refractivity contribution in [3.8, 4) is 0 Å². The molecule has 0 aliphatic carbocycles. The monoisotopic (exact) mass is 279 g/mol. The highest BCUT2D eigenvalue weighted by atomic mass is 32.2. The molecule has 0 aliphatic heterocycles. The zero-order valence-electron chi connectivity index (χ0n) is 10.5. The largest absolute Gasteiger partial charge is 0.326 e. The van der Waals surface area contributed by atoms with Gasteiger partial charge in [-0.25, -0.2) is 9.97 Å². The average Bonchev–Trinajstić information content (AvgIpc) is 2.83. The van der Waals surface area contributed by atoms with Crippen molar-refractivity contribution in [3.05, 3.63) is 40.5 Å². The summed E-state index contributed by atoms with van der Waals surface area (Å²) in [6, 6.07) is 6.40. The van der Waals surface area contributed by atoms with Crippen molar-refractivity contribution in [2.24, 2.45) is 5.73 Å². The van der Waals surface area contributed by atoms with Gasteiger partial charge in [-0.1, -0.05) is 18.7 Å². The lowest BCUT2D eigenvalue weighted by Gasteiger charge is -2.20. The first-order valence-corrected chi connectivity index (χ1v) is 7.65. The van der Waals surface area contributed by atoms with Gasteiger partial charge in [-0.15, -0.1) is 11.3 Å². The predicted octanol–water partition coefficient (Wildman–Crippen LogP) is 3.42. The fraction of sp³-hybridized carbons (Fsp3) is 0.385. The summed E-state index contributed by atoms with van der Waals surface area (Å²) in [5.74, 6) is 0. The molecular formula is C13H17N3S2. The maximum Gasteiger partial charge on any atom is 0.116 e. The van der Waals surface area contributed by atoms with Crippen LogP contribution in [0.25, 0.3) is 0 Å². The van der Waals surface area contributed by atoms with E-state index in [1.54, 1.807) is 24.3 Å². The van der Waals surface area contributed by atoms with Gasteiger partial charge in [-0.2, -0.15) is 0 Å². The molecule has 0 amide bonds. The number of aryl methyl sites for hydroxylation is 1. The normalized spacial score (nSPS) is 14.4. The summed E-state index contributed by atoms with van der Waals surface area (Å²) < 4.78 is 0. The van der Waals surface area contributed by atoms with E-state index in [9.17, 15) is 0 Å². The summed E-state index contributed by atoms with van der Waals surface area (Å²) in [6.07, 6.45) is 4.31. The Bertz CT molecular complexity index is 484. The van der Waals surface area contributed by atoms with Crippen LogP contribution in [0.15, 0.2) is 35.7 Å². The van der Waals surface area contributed by atoms with Crippen molar-refractivity contribution in [1.29, 1.82) is 0 Å². The average molecular weight is 279 g/mol. The Labute approximate surface area is 116 Å². The zero-order valence-corrected chi connectivity index (χ0v) is 12.2. The van der Waals surface area contributed by atoms with Crippen molar-refractivity contribution in [2.75, 3.05) is 0 Å². The van der Waals surface area contributed by atoms with E-state index in [-0.39, 0.29) is 11.3 Å². The number of hydrogen-bond acceptors (Lipinski definition) is 5. The Kier molecular flexibility index (Phi) is 4.74. The molecule has 2 unspecified atom stereocenters. The van der Waals surface area contributed by atoms with Gasteiger partial charge < -0.3 is 5.73 Å². The summed E-state index contributed by atoms with van der Waals surface area (Å²) in [5, 5.41) is 1.24. The number of thiophene rings is 1. The first-order valence-electron chi connectivity index (χ1n) is 5.95. The fourth-order valence-corrected chi connectivity index (χ4v) is 3.95. The van der Waals surface area contributed by atoms with Crippen LogP contribution in [0.3, 0.4) is 0 Å². The van der Waals surface area contributed by atoms with Crippen molar-refractivity contribution in [2.45, 2.75) is 36.6 Å². The van der Waals surface area contributed by atoms with Gasteiger partial charge in [0.2, 0.25) is 0 Å². The molecule has 0 saturated carbocycles. The third-order valence-electron chi connectivity index (χ3n) is 2.70. The second-order valence-corrected chi connectivity index (χ2v) is 6.59. The van der Waals surface area contributed by atoms with E-state index in [4.69, 9.17) is 5.73 Å². The highest BCUT2D eigenvalue weighted by molar-refractivity contribution is 7.99. The van der Waals surface area contributed by atoms with Crippen LogP contribution in [0.1, 0.15) is 28.3 Å². The van der Waals surface area contributed by atoms with E-state index in [0.29, 0.717) is 0 Å². The van der Waals surface area contributed by atoms with Gasteiger partial charge in [0.05, 0.1) is 5.25 Å². The van der Waals surface area contributed by atoms with Crippen LogP contribution in [-0.2, 0) is 0 Å². The minimum absolute atomic E-state index is 0.142. The van der Waals surface area contributed by atoms with Crippen molar-refractivity contribution >= 4 is 23.1 Å². The third-order valence-corrected chi connectivity index (χ3v) is 5.28. The number of thioether (sulfide) groups is 1. The molecule has 96 valence electrons. The van der Waals surface area contributed by atoms with Crippen molar-refractivity contribution in [1.82, 2.24) is 9.97 Å². The van der Waals surface area contributed by atoms with Gasteiger partial charge in [0.15, 0.2) is 0 Å². The molecule has 2 atom stereocenters. The summed E-state index contributed by atoms with van der Waals surface area (Å²) in [7, 11) is 0. The van der Waals surface area contributed by atoms with Crippen LogP contribution in [0.2, 0.25) is 0 Å². The molecule has 0 saturated heterocycles. The SMILES string of the molecule is CCC(N)C(Sc1ccncn1)c1ccc(C)s1. The van der Waals surface area contributed by atoms with E-state index < -0.39 is 0 Å². The molecule has 2 N–H and O–H groups in total. The second kappa shape index (κ2) is 6.31. The van der Waals surface area contributed by atoms with E-state index in [2.05, 4.69) is 35.9 Å². The quantitative estimate of drug-likeness (QED) is 0.673. The molecule has 0 aliphatic rings. The Balaban J connectivity index is 2.21. The number of nitrogens with zero attached hydrogens (tertiary/aromatic N) is 2. The Morgan fingerprint density at radius 3 is 2.78 bits per heavy atom. The highest BCUT2D eigenvalue weighted by Gasteiger charge is 2.21. The lowest BCUT2D eigenvalue weighted by molar-refractivity contribution is 0.639. The summed E-state index contributed by atoms with van der Waals surface area (Å²) >= 11 is 3.54. The first-order chi connectivity index (χ1) is 8.70. The van der Waals surface area contributed by atoms with Crippen molar-refractivity contribution in [3.63, 3.8) is 0 Å². The van der Waals surface area contributed by atoms with E-state index >= 15 is 0 Å². The lowest BCUT2D eigenvalue weighted by Crippen LogP contribution is -2.25. The summed E-state index contributed by atoms with van der Waals surface area (Å²) in [5.41, 5.74) is 6.25. The molecular weight excluding hydrogens is 262 g/mol. The number of hydrogen-bond donors (Lipinski definition) is 1. The Morgan fingerprint density at radius 1 is 1.39 bits per heavy atom. The number of rotatable bonds is 5. The molecule has 2 aromatic rings. The van der Waals surface area contributed by atoms with Gasteiger partial charge >= 0.3 is 0 Å². The van der Waals surface area contributed by atoms with Gasteiger partial charge in [0.1, 0.15) is 11.4 Å². The van der Waals surface area contributed by atoms with Gasteiger partial charge in [0, 0.05) is 22.0 Å². The minimum atomic E-state index is 0.142. The van der Waals surface area contributed by atoms with Crippen LogP contribution >= 0.6 is 23.1 Å². The van der Waals surface area contributed by atoms with Crippen molar-refractivity contribution < 1.29 is 0 Å². The van der Waals surface area contributed by atoms with E-state index in [0.717, 1.165) is 11.4 Å². The van der Waals surface area contributed by atoms with Crippen LogP contribution in [0, 0.1) is 6.92 Å². The van der Waals surface area contributed by atoms with E-state index in [1.165, 1.54) is 9.75 Å². The maximum absolute atomic E-state index is 6.25. The fourth-order valence-electron chi connectivity index (χ4n) is 1.66. The van der Waals surface area contributed by atoms with Gasteiger partial charge in [0.25, 0.3) is 0 Å². The lowest BCUT2D eigenvalue weighted by atomic mass is 10.1. The van der Waals surface area contributed by atoms with Gasteiger partial charge in [-0.3, -0.25) is 0 Å². The molecule has 3 nitrogen and oxygen atoms in total. The number of nitrogens with two attached hydrogens (primary N) is 1. The van der Waals surface area contributed by atoms with Gasteiger partial charge in [-0.05, 0) is 31.5 Å². The molecule has 2 rings (SSSR count). The molecule has 0 radical (unpaired) electrons. The summed E-state index contributed by atoms with van der Waals surface area (Å²) in [6.45, 7) is 4.25. The number of aromatic nitrogens is 2. The highest BCUT2D eigenvalue weighted by Crippen LogP contribution is 2.39. The smallest absolute Gasteiger partial charge is 0.116 e. The summed E-state index contributed by atoms with van der Waals surface area (Å²) in [4.78, 5) is 10.9. The topological polar surface area (TPSA) is 51.8 Å². The third kappa shape index (κ3) is 3.31. The molecule has 2 heterocycles. The molecule has 5 heteroatoms. The van der Waals surface area contributed by atoms with Crippen LogP contribution in [0.5, 0.6) is 0 Å². The maximum atomic E-state index is 6.25. The zero-order chi connectivity index (χ0) is 13.0. The predicted molar refractivity (Wildman–Crippen MR) is 78.0 cm³/mol. The minimum Gasteiger partial charge on any atom is -0.326 e. The molecule has 2 aromatic heterocycles. The standard InChI is InChI=1S/C13H17N3S2/c1-3-10(14)13(11-5-4-9(2)17-11)18-12-6-7-15-8-16-12/h4-8,10,13H,3,14H2,1-2H3. The van der Waals surface area contributed by atoms with Crippen LogP contribution in [0.4, 0.5) is 0 Å². The second-order valence-electron chi connectivity index (χ2n) is 4.11. The molecule has 18 heavy (non-hydrogen) atoms. The Morgan fingerprint density at radius 2 is 2.22 bits per heavy atom. The molecule has 0 spiro atoms. The van der Waals surface area contributed by atoms with Crippen LogP contribution in [-0.4, -0.2) is 16.0 Å². The first kappa shape index (κ1) is 13.5. The Hall–Kier alpha value is -0.910. The van der Waals surface area contributed by atoms with E-state index in [1.807, 2.05) is 17.4 Å². The van der Waals surface area contributed by atoms with Crippen LogP contribution < -0.4 is 5.73 Å².